The predicted molar refractivity (Wildman–Crippen MR) is 108 cm³/mol. The third kappa shape index (κ3) is 4.89. The fourth-order valence-corrected chi connectivity index (χ4v) is 2.99. The van der Waals surface area contributed by atoms with Crippen molar-refractivity contribution in [2.45, 2.75) is 32.7 Å². The first-order valence-corrected chi connectivity index (χ1v) is 9.43. The lowest BCUT2D eigenvalue weighted by atomic mass is 10.1. The molecule has 1 N–H and O–H groups in total. The van der Waals surface area contributed by atoms with Crippen LogP contribution in [0.15, 0.2) is 51.6 Å². The first-order valence-electron chi connectivity index (χ1n) is 9.43. The van der Waals surface area contributed by atoms with Gasteiger partial charge in [-0.3, -0.25) is 9.69 Å². The molecule has 0 aliphatic rings. The fraction of sp³-hybridized carbons (Fsp3) is 0.364. The number of benzene rings is 1. The number of oxazole rings is 1. The van der Waals surface area contributed by atoms with E-state index in [2.05, 4.69) is 36.3 Å². The molecule has 0 saturated carbocycles. The average molecular weight is 381 g/mol. The van der Waals surface area contributed by atoms with Gasteiger partial charge in [0, 0.05) is 24.9 Å². The Morgan fingerprint density at radius 3 is 2.71 bits per heavy atom. The third-order valence-electron chi connectivity index (χ3n) is 4.90. The lowest BCUT2D eigenvalue weighted by molar-refractivity contribution is -0.121. The zero-order chi connectivity index (χ0) is 20.1. The minimum absolute atomic E-state index is 0.00272. The van der Waals surface area contributed by atoms with Gasteiger partial charge in [-0.15, -0.1) is 0 Å². The lowest BCUT2D eigenvalue weighted by Gasteiger charge is -2.22. The molecule has 1 aromatic carbocycles. The first-order chi connectivity index (χ1) is 13.4. The average Bonchev–Trinajstić information content (AvgIpc) is 3.34. The smallest absolute Gasteiger partial charge is 0.220 e. The van der Waals surface area contributed by atoms with Crippen LogP contribution in [-0.4, -0.2) is 36.4 Å². The largest absolute Gasteiger partial charge is 0.468 e. The highest BCUT2D eigenvalue weighted by atomic mass is 16.4. The summed E-state index contributed by atoms with van der Waals surface area (Å²) < 4.78 is 11.3. The Hall–Kier alpha value is -2.86. The van der Waals surface area contributed by atoms with Gasteiger partial charge in [-0.25, -0.2) is 4.98 Å². The number of likely N-dealkylation sites (N-methyl/N-ethyl adjacent to an activating group) is 1. The third-order valence-corrected chi connectivity index (χ3v) is 4.90. The van der Waals surface area contributed by atoms with Crippen molar-refractivity contribution >= 4 is 5.91 Å². The quantitative estimate of drug-likeness (QED) is 0.641. The van der Waals surface area contributed by atoms with Crippen molar-refractivity contribution in [1.29, 1.82) is 0 Å². The summed E-state index contributed by atoms with van der Waals surface area (Å²) in [6.45, 7) is 4.64. The van der Waals surface area contributed by atoms with Crippen LogP contribution < -0.4 is 5.32 Å². The van der Waals surface area contributed by atoms with Gasteiger partial charge in [-0.05, 0) is 57.3 Å². The van der Waals surface area contributed by atoms with Crippen LogP contribution >= 0.6 is 0 Å². The number of aromatic nitrogens is 1. The molecule has 3 aromatic rings. The van der Waals surface area contributed by atoms with Gasteiger partial charge >= 0.3 is 0 Å². The zero-order valence-electron chi connectivity index (χ0n) is 16.9. The number of carbonyl (C=O) groups excluding carboxylic acids is 1. The number of rotatable bonds is 8. The molecule has 148 valence electrons. The monoisotopic (exact) mass is 381 g/mol. The Labute approximate surface area is 165 Å². The van der Waals surface area contributed by atoms with E-state index in [1.54, 1.807) is 12.5 Å². The van der Waals surface area contributed by atoms with Crippen LogP contribution in [0, 0.1) is 13.8 Å². The molecule has 1 atom stereocenters. The number of aryl methyl sites for hydroxylation is 3. The van der Waals surface area contributed by atoms with E-state index in [0.717, 1.165) is 17.1 Å². The summed E-state index contributed by atoms with van der Waals surface area (Å²) in [5.74, 6) is 2.09. The Morgan fingerprint density at radius 2 is 2.04 bits per heavy atom. The molecular formula is C22H27N3O3. The molecule has 6 nitrogen and oxygen atoms in total. The highest BCUT2D eigenvalue weighted by Crippen LogP contribution is 2.23. The maximum Gasteiger partial charge on any atom is 0.220 e. The van der Waals surface area contributed by atoms with E-state index < -0.39 is 0 Å². The lowest BCUT2D eigenvalue weighted by Crippen LogP contribution is -2.34. The number of nitrogens with zero attached hydrogens (tertiary/aromatic N) is 2. The summed E-state index contributed by atoms with van der Waals surface area (Å²) in [6, 6.07) is 9.94. The van der Waals surface area contributed by atoms with E-state index in [1.165, 1.54) is 11.1 Å². The predicted octanol–water partition coefficient (Wildman–Crippen LogP) is 3.90. The Bertz CT molecular complexity index is 913. The molecular weight excluding hydrogens is 354 g/mol. The van der Waals surface area contributed by atoms with Crippen molar-refractivity contribution in [2.24, 2.45) is 0 Å². The number of furan rings is 1. The van der Waals surface area contributed by atoms with Crippen LogP contribution in [0.25, 0.3) is 11.3 Å². The second kappa shape index (κ2) is 8.89. The molecule has 0 fully saturated rings. The molecule has 0 bridgehead atoms. The summed E-state index contributed by atoms with van der Waals surface area (Å²) in [5.41, 5.74) is 3.45. The minimum atomic E-state index is -0.0377. The van der Waals surface area contributed by atoms with Gasteiger partial charge < -0.3 is 14.2 Å². The van der Waals surface area contributed by atoms with Crippen molar-refractivity contribution < 1.29 is 13.6 Å². The second-order valence-corrected chi connectivity index (χ2v) is 7.22. The van der Waals surface area contributed by atoms with Crippen LogP contribution in [0.5, 0.6) is 0 Å². The molecule has 0 radical (unpaired) electrons. The van der Waals surface area contributed by atoms with Gasteiger partial charge in [0.2, 0.25) is 5.91 Å². The first kappa shape index (κ1) is 19.9. The standard InChI is InChI=1S/C22H27N3O3/c1-15-7-8-17(12-16(15)2)20-14-24-22(28-20)10-9-21(26)23-13-18(25(3)4)19-6-5-11-27-19/h5-8,11-12,14,18H,9-10,13H2,1-4H3,(H,23,26)/t18-/m0/s1. The van der Waals surface area contributed by atoms with Crippen molar-refractivity contribution in [3.05, 3.63) is 65.6 Å². The molecule has 0 aliphatic heterocycles. The SMILES string of the molecule is Cc1ccc(-c2cnc(CCC(=O)NC[C@@H](c3ccco3)N(C)C)o2)cc1C. The highest BCUT2D eigenvalue weighted by Gasteiger charge is 2.18. The number of hydrogen-bond donors (Lipinski definition) is 1. The maximum atomic E-state index is 12.2. The van der Waals surface area contributed by atoms with E-state index in [1.807, 2.05) is 37.2 Å². The summed E-state index contributed by atoms with van der Waals surface area (Å²) in [4.78, 5) is 18.6. The van der Waals surface area contributed by atoms with Gasteiger partial charge in [0.1, 0.15) is 5.76 Å². The maximum absolute atomic E-state index is 12.2. The minimum Gasteiger partial charge on any atom is -0.468 e. The van der Waals surface area contributed by atoms with Gasteiger partial charge in [0.05, 0.1) is 18.5 Å². The van der Waals surface area contributed by atoms with E-state index in [4.69, 9.17) is 8.83 Å². The fourth-order valence-electron chi connectivity index (χ4n) is 2.99. The van der Waals surface area contributed by atoms with Crippen LogP contribution in [0.4, 0.5) is 0 Å². The zero-order valence-corrected chi connectivity index (χ0v) is 16.9. The molecule has 0 aliphatic carbocycles. The number of hydrogen-bond acceptors (Lipinski definition) is 5. The van der Waals surface area contributed by atoms with E-state index >= 15 is 0 Å². The van der Waals surface area contributed by atoms with E-state index in [0.29, 0.717) is 25.3 Å². The summed E-state index contributed by atoms with van der Waals surface area (Å²) in [5, 5.41) is 2.96. The summed E-state index contributed by atoms with van der Waals surface area (Å²) in [7, 11) is 3.92. The van der Waals surface area contributed by atoms with Crippen LogP contribution in [0.1, 0.15) is 35.2 Å². The number of carbonyl (C=O) groups is 1. The summed E-state index contributed by atoms with van der Waals surface area (Å²) in [6.07, 6.45) is 4.15. The van der Waals surface area contributed by atoms with Crippen LogP contribution in [-0.2, 0) is 11.2 Å². The molecule has 6 heteroatoms. The van der Waals surface area contributed by atoms with Crippen molar-refractivity contribution in [2.75, 3.05) is 20.6 Å². The summed E-state index contributed by atoms with van der Waals surface area (Å²) >= 11 is 0. The molecule has 28 heavy (non-hydrogen) atoms. The van der Waals surface area contributed by atoms with Gasteiger partial charge in [-0.1, -0.05) is 12.1 Å². The van der Waals surface area contributed by atoms with Crippen molar-refractivity contribution in [3.63, 3.8) is 0 Å². The number of nitrogens with one attached hydrogen (secondary N) is 1. The van der Waals surface area contributed by atoms with E-state index in [-0.39, 0.29) is 11.9 Å². The second-order valence-electron chi connectivity index (χ2n) is 7.22. The number of amides is 1. The molecule has 0 saturated heterocycles. The van der Waals surface area contributed by atoms with Crippen LogP contribution in [0.2, 0.25) is 0 Å². The van der Waals surface area contributed by atoms with Crippen molar-refractivity contribution in [3.8, 4) is 11.3 Å². The topological polar surface area (TPSA) is 71.5 Å². The Balaban J connectivity index is 1.52. The van der Waals surface area contributed by atoms with Crippen LogP contribution in [0.3, 0.4) is 0 Å². The molecule has 1 amide bonds. The Morgan fingerprint density at radius 1 is 1.21 bits per heavy atom. The van der Waals surface area contributed by atoms with Gasteiger partial charge in [-0.2, -0.15) is 0 Å². The van der Waals surface area contributed by atoms with E-state index in [9.17, 15) is 4.79 Å². The molecule has 0 spiro atoms. The molecule has 2 heterocycles. The Kier molecular flexibility index (Phi) is 6.31. The molecule has 2 aromatic heterocycles. The highest BCUT2D eigenvalue weighted by molar-refractivity contribution is 5.76. The molecule has 0 unspecified atom stereocenters. The normalized spacial score (nSPS) is 12.3. The van der Waals surface area contributed by atoms with Crippen molar-refractivity contribution in [1.82, 2.24) is 15.2 Å². The van der Waals surface area contributed by atoms with Gasteiger partial charge in [0.15, 0.2) is 11.7 Å². The van der Waals surface area contributed by atoms with Gasteiger partial charge in [0.25, 0.3) is 0 Å². The molecule has 3 rings (SSSR count).